The van der Waals surface area contributed by atoms with E-state index in [1.807, 2.05) is 25.1 Å². The van der Waals surface area contributed by atoms with E-state index in [1.165, 1.54) is 32.1 Å². The molecule has 0 spiro atoms. The highest BCUT2D eigenvalue weighted by Crippen LogP contribution is 2.27. The maximum Gasteiger partial charge on any atom is 0.276 e. The number of benzene rings is 1. The molecule has 0 saturated heterocycles. The molecular weight excluding hydrogens is 304 g/mol. The molecule has 5 nitrogen and oxygen atoms in total. The van der Waals surface area contributed by atoms with Crippen molar-refractivity contribution >= 4 is 11.8 Å². The highest BCUT2D eigenvalue weighted by molar-refractivity contribution is 5.82. The summed E-state index contributed by atoms with van der Waals surface area (Å²) in [6.07, 6.45) is 9.05. The van der Waals surface area contributed by atoms with Gasteiger partial charge in [0.1, 0.15) is 5.75 Å². The van der Waals surface area contributed by atoms with Crippen LogP contribution < -0.4 is 15.6 Å². The number of ether oxygens (including phenoxy) is 1. The maximum atomic E-state index is 11.7. The van der Waals surface area contributed by atoms with Crippen molar-refractivity contribution in [3.8, 4) is 5.75 Å². The first-order valence-corrected chi connectivity index (χ1v) is 8.90. The number of hydrogen-bond donors (Lipinski definition) is 2. The van der Waals surface area contributed by atoms with Gasteiger partial charge in [-0.05, 0) is 43.4 Å². The second-order valence-corrected chi connectivity index (χ2v) is 6.60. The molecule has 0 aromatic heterocycles. The SMILES string of the molecule is Cc1cccc(OCC(=O)NNC(=O)CCCC2CCCCC2)c1. The quantitative estimate of drug-likeness (QED) is 0.753. The fourth-order valence-electron chi connectivity index (χ4n) is 3.12. The fourth-order valence-corrected chi connectivity index (χ4v) is 3.12. The smallest absolute Gasteiger partial charge is 0.276 e. The van der Waals surface area contributed by atoms with Gasteiger partial charge in [-0.15, -0.1) is 0 Å². The molecule has 2 amide bonds. The summed E-state index contributed by atoms with van der Waals surface area (Å²) in [6, 6.07) is 7.48. The van der Waals surface area contributed by atoms with Crippen molar-refractivity contribution in [2.24, 2.45) is 5.92 Å². The molecule has 2 N–H and O–H groups in total. The predicted molar refractivity (Wildman–Crippen MR) is 93.4 cm³/mol. The zero-order valence-corrected chi connectivity index (χ0v) is 14.5. The van der Waals surface area contributed by atoms with Crippen molar-refractivity contribution < 1.29 is 14.3 Å². The van der Waals surface area contributed by atoms with Gasteiger partial charge in [-0.2, -0.15) is 0 Å². The number of hydrazine groups is 1. The van der Waals surface area contributed by atoms with Gasteiger partial charge in [0.05, 0.1) is 0 Å². The summed E-state index contributed by atoms with van der Waals surface area (Å²) >= 11 is 0. The van der Waals surface area contributed by atoms with Crippen LogP contribution in [0.15, 0.2) is 24.3 Å². The molecule has 0 atom stereocenters. The summed E-state index contributed by atoms with van der Waals surface area (Å²) in [5.41, 5.74) is 5.91. The van der Waals surface area contributed by atoms with Gasteiger partial charge in [-0.1, -0.05) is 44.2 Å². The van der Waals surface area contributed by atoms with E-state index in [2.05, 4.69) is 10.9 Å². The molecule has 2 rings (SSSR count). The van der Waals surface area contributed by atoms with Crippen LogP contribution in [0.25, 0.3) is 0 Å². The average Bonchev–Trinajstić information content (AvgIpc) is 2.59. The van der Waals surface area contributed by atoms with Crippen LogP contribution in [0.3, 0.4) is 0 Å². The summed E-state index contributed by atoms with van der Waals surface area (Å²) in [5.74, 6) is 0.916. The van der Waals surface area contributed by atoms with Crippen LogP contribution in [0.5, 0.6) is 5.75 Å². The lowest BCUT2D eigenvalue weighted by Gasteiger charge is -2.21. The second kappa shape index (κ2) is 9.96. The number of carbonyl (C=O) groups is 2. The first-order chi connectivity index (χ1) is 11.6. The van der Waals surface area contributed by atoms with Crippen molar-refractivity contribution in [3.63, 3.8) is 0 Å². The molecule has 132 valence electrons. The number of nitrogens with one attached hydrogen (secondary N) is 2. The van der Waals surface area contributed by atoms with Crippen LogP contribution >= 0.6 is 0 Å². The standard InChI is InChI=1S/C19H28N2O3/c1-15-7-5-11-17(13-15)24-14-19(23)21-20-18(22)12-6-10-16-8-3-2-4-9-16/h5,7,11,13,16H,2-4,6,8-10,12,14H2,1H3,(H,20,22)(H,21,23). The van der Waals surface area contributed by atoms with E-state index in [0.717, 1.165) is 24.3 Å². The lowest BCUT2D eigenvalue weighted by atomic mass is 9.86. The molecule has 1 aliphatic rings. The topological polar surface area (TPSA) is 67.4 Å². The lowest BCUT2D eigenvalue weighted by molar-refractivity contribution is -0.130. The molecular formula is C19H28N2O3. The molecule has 1 fully saturated rings. The molecule has 0 aliphatic heterocycles. The van der Waals surface area contributed by atoms with E-state index in [9.17, 15) is 9.59 Å². The average molecular weight is 332 g/mol. The van der Waals surface area contributed by atoms with Gasteiger partial charge in [0.2, 0.25) is 5.91 Å². The van der Waals surface area contributed by atoms with Crippen LogP contribution in [-0.4, -0.2) is 18.4 Å². The van der Waals surface area contributed by atoms with Gasteiger partial charge in [0.15, 0.2) is 6.61 Å². The van der Waals surface area contributed by atoms with Crippen molar-refractivity contribution in [3.05, 3.63) is 29.8 Å². The van der Waals surface area contributed by atoms with Crippen LogP contribution in [0.4, 0.5) is 0 Å². The predicted octanol–water partition coefficient (Wildman–Crippen LogP) is 3.27. The Morgan fingerprint density at radius 3 is 2.62 bits per heavy atom. The van der Waals surface area contributed by atoms with Gasteiger partial charge in [0.25, 0.3) is 5.91 Å². The third-order valence-corrected chi connectivity index (χ3v) is 4.44. The molecule has 0 unspecified atom stereocenters. The third kappa shape index (κ3) is 7.02. The molecule has 0 heterocycles. The van der Waals surface area contributed by atoms with E-state index in [0.29, 0.717) is 12.2 Å². The van der Waals surface area contributed by atoms with Crippen LogP contribution in [-0.2, 0) is 9.59 Å². The van der Waals surface area contributed by atoms with Crippen molar-refractivity contribution in [2.75, 3.05) is 6.61 Å². The molecule has 1 aromatic rings. The highest BCUT2D eigenvalue weighted by atomic mass is 16.5. The van der Waals surface area contributed by atoms with E-state index in [1.54, 1.807) is 6.07 Å². The molecule has 24 heavy (non-hydrogen) atoms. The summed E-state index contributed by atoms with van der Waals surface area (Å²) in [6.45, 7) is 1.84. The van der Waals surface area contributed by atoms with E-state index < -0.39 is 0 Å². The Bertz CT molecular complexity index is 539. The minimum absolute atomic E-state index is 0.119. The van der Waals surface area contributed by atoms with E-state index in [-0.39, 0.29) is 18.4 Å². The minimum Gasteiger partial charge on any atom is -0.484 e. The zero-order valence-electron chi connectivity index (χ0n) is 14.5. The van der Waals surface area contributed by atoms with Crippen LogP contribution in [0.1, 0.15) is 56.9 Å². The Morgan fingerprint density at radius 2 is 1.88 bits per heavy atom. The van der Waals surface area contributed by atoms with Gasteiger partial charge in [0, 0.05) is 6.42 Å². The number of aryl methyl sites for hydroxylation is 1. The molecule has 0 bridgehead atoms. The molecule has 1 saturated carbocycles. The number of amides is 2. The van der Waals surface area contributed by atoms with E-state index >= 15 is 0 Å². The van der Waals surface area contributed by atoms with Crippen molar-refractivity contribution in [2.45, 2.75) is 58.3 Å². The molecule has 0 radical (unpaired) electrons. The lowest BCUT2D eigenvalue weighted by Crippen LogP contribution is -2.43. The highest BCUT2D eigenvalue weighted by Gasteiger charge is 2.13. The summed E-state index contributed by atoms with van der Waals surface area (Å²) in [4.78, 5) is 23.4. The Hall–Kier alpha value is -2.04. The Balaban J connectivity index is 1.54. The zero-order chi connectivity index (χ0) is 17.2. The Labute approximate surface area is 144 Å². The van der Waals surface area contributed by atoms with Crippen LogP contribution in [0, 0.1) is 12.8 Å². The summed E-state index contributed by atoms with van der Waals surface area (Å²) in [5, 5.41) is 0. The Kier molecular flexibility index (Phi) is 7.59. The Morgan fingerprint density at radius 1 is 1.12 bits per heavy atom. The molecule has 1 aliphatic carbocycles. The summed E-state index contributed by atoms with van der Waals surface area (Å²) < 4.78 is 5.38. The molecule has 5 heteroatoms. The minimum atomic E-state index is -0.364. The third-order valence-electron chi connectivity index (χ3n) is 4.44. The summed E-state index contributed by atoms with van der Waals surface area (Å²) in [7, 11) is 0. The largest absolute Gasteiger partial charge is 0.484 e. The number of hydrogen-bond acceptors (Lipinski definition) is 3. The van der Waals surface area contributed by atoms with E-state index in [4.69, 9.17) is 4.74 Å². The number of carbonyl (C=O) groups excluding carboxylic acids is 2. The second-order valence-electron chi connectivity index (χ2n) is 6.60. The monoisotopic (exact) mass is 332 g/mol. The van der Waals surface area contributed by atoms with Crippen molar-refractivity contribution in [1.82, 2.24) is 10.9 Å². The van der Waals surface area contributed by atoms with Gasteiger partial charge in [-0.3, -0.25) is 20.4 Å². The maximum absolute atomic E-state index is 11.7. The first-order valence-electron chi connectivity index (χ1n) is 8.90. The fraction of sp³-hybridized carbons (Fsp3) is 0.579. The van der Waals surface area contributed by atoms with Crippen LogP contribution in [0.2, 0.25) is 0 Å². The normalized spacial score (nSPS) is 14.9. The van der Waals surface area contributed by atoms with Crippen molar-refractivity contribution in [1.29, 1.82) is 0 Å². The molecule has 1 aromatic carbocycles. The van der Waals surface area contributed by atoms with Gasteiger partial charge >= 0.3 is 0 Å². The number of rotatable bonds is 7. The van der Waals surface area contributed by atoms with Gasteiger partial charge in [-0.25, -0.2) is 0 Å². The first kappa shape index (κ1) is 18.3. The van der Waals surface area contributed by atoms with Gasteiger partial charge < -0.3 is 4.74 Å².